The van der Waals surface area contributed by atoms with Crippen LogP contribution < -0.4 is 5.32 Å². The molecule has 0 saturated carbocycles. The van der Waals surface area contributed by atoms with Crippen LogP contribution in [0.25, 0.3) is 0 Å². The summed E-state index contributed by atoms with van der Waals surface area (Å²) in [4.78, 5) is 25.1. The first-order chi connectivity index (χ1) is 9.79. The van der Waals surface area contributed by atoms with Crippen molar-refractivity contribution in [3.05, 3.63) is 18.0 Å². The van der Waals surface area contributed by atoms with Crippen molar-refractivity contribution in [2.45, 2.75) is 32.1 Å². The Morgan fingerprint density at radius 2 is 2.24 bits per heavy atom. The Balaban J connectivity index is 2.06. The lowest BCUT2D eigenvalue weighted by molar-refractivity contribution is -0.142. The van der Waals surface area contributed by atoms with Crippen molar-refractivity contribution in [1.29, 1.82) is 0 Å². The maximum absolute atomic E-state index is 12.4. The standard InChI is InChI=1S/C12H15F3N4O2/c1-8-11(21)16-4-2-5-19(8)10(20)7-18-6-3-9(17-18)12(13,14)15/h3,6,8H,2,4-5,7H2,1H3,(H,16,21)/t8-/m0/s1. The first kappa shape index (κ1) is 15.3. The number of carbonyl (C=O) groups excluding carboxylic acids is 2. The molecule has 1 fully saturated rings. The van der Waals surface area contributed by atoms with E-state index < -0.39 is 23.8 Å². The molecule has 0 spiro atoms. The van der Waals surface area contributed by atoms with Crippen molar-refractivity contribution in [1.82, 2.24) is 20.0 Å². The summed E-state index contributed by atoms with van der Waals surface area (Å²) in [6, 6.07) is 0.170. The largest absolute Gasteiger partial charge is 0.435 e. The molecule has 1 aliphatic rings. The number of nitrogens with one attached hydrogen (secondary N) is 1. The number of hydrogen-bond donors (Lipinski definition) is 1. The Bertz CT molecular complexity index is 541. The Morgan fingerprint density at radius 3 is 2.86 bits per heavy atom. The second-order valence-electron chi connectivity index (χ2n) is 4.80. The number of hydrogen-bond acceptors (Lipinski definition) is 3. The summed E-state index contributed by atoms with van der Waals surface area (Å²) in [5.41, 5.74) is -1.04. The van der Waals surface area contributed by atoms with Crippen molar-refractivity contribution < 1.29 is 22.8 Å². The van der Waals surface area contributed by atoms with Crippen molar-refractivity contribution in [2.75, 3.05) is 13.1 Å². The third-order valence-electron chi connectivity index (χ3n) is 3.27. The number of rotatable bonds is 2. The summed E-state index contributed by atoms with van der Waals surface area (Å²) >= 11 is 0. The van der Waals surface area contributed by atoms with E-state index in [1.807, 2.05) is 0 Å². The fourth-order valence-corrected chi connectivity index (χ4v) is 2.11. The van der Waals surface area contributed by atoms with Gasteiger partial charge in [0.25, 0.3) is 0 Å². The highest BCUT2D eigenvalue weighted by molar-refractivity contribution is 5.87. The summed E-state index contributed by atoms with van der Waals surface area (Å²) in [7, 11) is 0. The molecule has 2 rings (SSSR count). The Hall–Kier alpha value is -2.06. The summed E-state index contributed by atoms with van der Waals surface area (Å²) in [6.45, 7) is 2.12. The number of amides is 2. The number of aromatic nitrogens is 2. The molecule has 1 N–H and O–H groups in total. The molecule has 0 unspecified atom stereocenters. The number of alkyl halides is 3. The zero-order valence-electron chi connectivity index (χ0n) is 11.4. The highest BCUT2D eigenvalue weighted by Gasteiger charge is 2.34. The van der Waals surface area contributed by atoms with Crippen molar-refractivity contribution in [3.8, 4) is 0 Å². The molecular weight excluding hydrogens is 289 g/mol. The average molecular weight is 304 g/mol. The van der Waals surface area contributed by atoms with Crippen LogP contribution in [0.3, 0.4) is 0 Å². The average Bonchev–Trinajstić information content (AvgIpc) is 2.79. The maximum Gasteiger partial charge on any atom is 0.435 e. The molecule has 2 amide bonds. The van der Waals surface area contributed by atoms with Gasteiger partial charge in [0.1, 0.15) is 12.6 Å². The zero-order chi connectivity index (χ0) is 15.6. The molecule has 1 aromatic heterocycles. The van der Waals surface area contributed by atoms with Gasteiger partial charge in [-0.3, -0.25) is 14.3 Å². The SMILES string of the molecule is C[C@H]1C(=O)NCCCN1C(=O)Cn1ccc(C(F)(F)F)n1. The third kappa shape index (κ3) is 3.53. The molecule has 116 valence electrons. The molecule has 2 heterocycles. The van der Waals surface area contributed by atoms with Crippen LogP contribution >= 0.6 is 0 Å². The number of nitrogens with zero attached hydrogens (tertiary/aromatic N) is 3. The molecule has 1 saturated heterocycles. The first-order valence-corrected chi connectivity index (χ1v) is 6.47. The zero-order valence-corrected chi connectivity index (χ0v) is 11.4. The van der Waals surface area contributed by atoms with Crippen molar-refractivity contribution >= 4 is 11.8 Å². The van der Waals surface area contributed by atoms with Gasteiger partial charge in [-0.15, -0.1) is 0 Å². The number of halogens is 3. The molecule has 0 radical (unpaired) electrons. The van der Waals surface area contributed by atoms with Gasteiger partial charge in [0.05, 0.1) is 0 Å². The third-order valence-corrected chi connectivity index (χ3v) is 3.27. The second-order valence-corrected chi connectivity index (χ2v) is 4.80. The van der Waals surface area contributed by atoms with Crippen LogP contribution in [0, 0.1) is 0 Å². The Kier molecular flexibility index (Phi) is 4.19. The van der Waals surface area contributed by atoms with Gasteiger partial charge in [-0.05, 0) is 19.4 Å². The van der Waals surface area contributed by atoms with Gasteiger partial charge in [0.2, 0.25) is 11.8 Å². The smallest absolute Gasteiger partial charge is 0.354 e. The van der Waals surface area contributed by atoms with E-state index in [4.69, 9.17) is 0 Å². The lowest BCUT2D eigenvalue weighted by Gasteiger charge is -2.25. The van der Waals surface area contributed by atoms with Crippen LogP contribution in [0.15, 0.2) is 12.3 Å². The van der Waals surface area contributed by atoms with Crippen LogP contribution in [0.4, 0.5) is 13.2 Å². The van der Waals surface area contributed by atoms with E-state index in [9.17, 15) is 22.8 Å². The summed E-state index contributed by atoms with van der Waals surface area (Å²) in [5.74, 6) is -0.700. The molecule has 21 heavy (non-hydrogen) atoms. The highest BCUT2D eigenvalue weighted by Crippen LogP contribution is 2.27. The topological polar surface area (TPSA) is 67.2 Å². The van der Waals surface area contributed by atoms with Crippen LogP contribution in [0.2, 0.25) is 0 Å². The molecular formula is C12H15F3N4O2. The minimum Gasteiger partial charge on any atom is -0.354 e. The summed E-state index contributed by atoms with van der Waals surface area (Å²) in [6.07, 6.45) is -2.83. The van der Waals surface area contributed by atoms with E-state index in [1.165, 1.54) is 4.90 Å². The molecule has 0 bridgehead atoms. The lowest BCUT2D eigenvalue weighted by atomic mass is 10.2. The Morgan fingerprint density at radius 1 is 1.52 bits per heavy atom. The molecule has 6 nitrogen and oxygen atoms in total. The molecule has 1 aromatic rings. The highest BCUT2D eigenvalue weighted by atomic mass is 19.4. The van der Waals surface area contributed by atoms with Gasteiger partial charge in [-0.2, -0.15) is 18.3 Å². The predicted octanol–water partition coefficient (Wildman–Crippen LogP) is 0.639. The van der Waals surface area contributed by atoms with E-state index in [-0.39, 0.29) is 12.5 Å². The Labute approximate surface area is 118 Å². The summed E-state index contributed by atoms with van der Waals surface area (Å²) in [5, 5.41) is 5.99. The first-order valence-electron chi connectivity index (χ1n) is 6.47. The molecule has 1 aliphatic heterocycles. The second kappa shape index (κ2) is 5.74. The van der Waals surface area contributed by atoms with Crippen molar-refractivity contribution in [3.63, 3.8) is 0 Å². The predicted molar refractivity (Wildman–Crippen MR) is 66.0 cm³/mol. The minimum atomic E-state index is -4.54. The van der Waals surface area contributed by atoms with E-state index in [0.29, 0.717) is 19.5 Å². The van der Waals surface area contributed by atoms with E-state index in [0.717, 1.165) is 16.9 Å². The minimum absolute atomic E-state index is 0.266. The van der Waals surface area contributed by atoms with Crippen LogP contribution in [0.5, 0.6) is 0 Å². The van der Waals surface area contributed by atoms with E-state index in [1.54, 1.807) is 6.92 Å². The van der Waals surface area contributed by atoms with Crippen LogP contribution in [-0.4, -0.2) is 45.6 Å². The van der Waals surface area contributed by atoms with Gasteiger partial charge in [0.15, 0.2) is 5.69 Å². The van der Waals surface area contributed by atoms with Gasteiger partial charge in [-0.25, -0.2) is 0 Å². The molecule has 0 aromatic carbocycles. The van der Waals surface area contributed by atoms with E-state index in [2.05, 4.69) is 10.4 Å². The van der Waals surface area contributed by atoms with Crippen molar-refractivity contribution in [2.24, 2.45) is 0 Å². The van der Waals surface area contributed by atoms with Crippen LogP contribution in [0.1, 0.15) is 19.0 Å². The fourth-order valence-electron chi connectivity index (χ4n) is 2.11. The molecule has 9 heteroatoms. The quantitative estimate of drug-likeness (QED) is 0.872. The molecule has 0 aliphatic carbocycles. The van der Waals surface area contributed by atoms with Crippen LogP contribution in [-0.2, 0) is 22.3 Å². The van der Waals surface area contributed by atoms with Gasteiger partial charge in [0, 0.05) is 19.3 Å². The number of carbonyl (C=O) groups is 2. The van der Waals surface area contributed by atoms with Gasteiger partial charge in [-0.1, -0.05) is 0 Å². The fraction of sp³-hybridized carbons (Fsp3) is 0.583. The lowest BCUT2D eigenvalue weighted by Crippen LogP contribution is -2.46. The van der Waals surface area contributed by atoms with Gasteiger partial charge >= 0.3 is 6.18 Å². The monoisotopic (exact) mass is 304 g/mol. The maximum atomic E-state index is 12.4. The molecule has 1 atom stereocenters. The van der Waals surface area contributed by atoms with Gasteiger partial charge < -0.3 is 10.2 Å². The van der Waals surface area contributed by atoms with E-state index >= 15 is 0 Å². The normalized spacial score (nSPS) is 20.1. The summed E-state index contributed by atoms with van der Waals surface area (Å²) < 4.78 is 38.2.